The zero-order valence-corrected chi connectivity index (χ0v) is 14.8. The molecule has 0 spiro atoms. The molecule has 1 heterocycles. The molecule has 0 atom stereocenters. The lowest BCUT2D eigenvalue weighted by atomic mass is 9.97. The number of carbonyl (C=O) groups excluding carboxylic acids is 1. The Balaban J connectivity index is 1.42. The Hall–Kier alpha value is -1.59. The molecule has 3 rings (SSSR count). The minimum atomic E-state index is -0.596. The fourth-order valence-electron chi connectivity index (χ4n) is 3.86. The van der Waals surface area contributed by atoms with Crippen LogP contribution < -0.4 is 10.6 Å². The van der Waals surface area contributed by atoms with Crippen molar-refractivity contribution < 1.29 is 4.79 Å². The van der Waals surface area contributed by atoms with E-state index in [9.17, 15) is 4.79 Å². The van der Waals surface area contributed by atoms with E-state index in [4.69, 9.17) is 5.73 Å². The first-order valence-corrected chi connectivity index (χ1v) is 9.15. The van der Waals surface area contributed by atoms with Gasteiger partial charge in [-0.25, -0.2) is 0 Å². The fraction of sp³-hybridized carbons (Fsp3) is 0.632. The maximum Gasteiger partial charge on any atom is 0.242 e. The second-order valence-corrected chi connectivity index (χ2v) is 7.25. The van der Waals surface area contributed by atoms with Crippen molar-refractivity contribution in [2.45, 2.75) is 31.2 Å². The van der Waals surface area contributed by atoms with Gasteiger partial charge < -0.3 is 15.5 Å². The van der Waals surface area contributed by atoms with Crippen LogP contribution in [0.4, 0.5) is 5.69 Å². The molecular formula is C19H30N4O. The van der Waals surface area contributed by atoms with Crippen LogP contribution >= 0.6 is 0 Å². The topological polar surface area (TPSA) is 52.8 Å². The number of anilines is 1. The Kier molecular flexibility index (Phi) is 5.41. The highest BCUT2D eigenvalue weighted by molar-refractivity contribution is 5.86. The summed E-state index contributed by atoms with van der Waals surface area (Å²) in [7, 11) is 1.90. The van der Waals surface area contributed by atoms with Crippen molar-refractivity contribution in [2.75, 3.05) is 51.2 Å². The van der Waals surface area contributed by atoms with Gasteiger partial charge in [-0.2, -0.15) is 0 Å². The van der Waals surface area contributed by atoms with E-state index in [1.807, 2.05) is 11.9 Å². The molecule has 1 aliphatic heterocycles. The Morgan fingerprint density at radius 3 is 2.38 bits per heavy atom. The van der Waals surface area contributed by atoms with Gasteiger partial charge in [0.25, 0.3) is 0 Å². The predicted molar refractivity (Wildman–Crippen MR) is 98.1 cm³/mol. The molecule has 1 amide bonds. The summed E-state index contributed by atoms with van der Waals surface area (Å²) >= 11 is 0. The molecule has 1 saturated heterocycles. The quantitative estimate of drug-likeness (QED) is 0.890. The van der Waals surface area contributed by atoms with Crippen LogP contribution in [0.5, 0.6) is 0 Å². The average Bonchev–Trinajstić information content (AvgIpc) is 3.08. The van der Waals surface area contributed by atoms with E-state index in [1.165, 1.54) is 5.69 Å². The van der Waals surface area contributed by atoms with Gasteiger partial charge in [0.05, 0.1) is 5.54 Å². The number of likely N-dealkylation sites (N-methyl/N-ethyl adjacent to an activating group) is 1. The van der Waals surface area contributed by atoms with Crippen LogP contribution in [0.3, 0.4) is 0 Å². The highest BCUT2D eigenvalue weighted by Crippen LogP contribution is 2.28. The van der Waals surface area contributed by atoms with Crippen LogP contribution in [0.25, 0.3) is 0 Å². The summed E-state index contributed by atoms with van der Waals surface area (Å²) in [5.41, 5.74) is 6.99. The van der Waals surface area contributed by atoms with E-state index in [-0.39, 0.29) is 5.91 Å². The molecule has 132 valence electrons. The van der Waals surface area contributed by atoms with Crippen molar-refractivity contribution in [3.05, 3.63) is 30.3 Å². The average molecular weight is 330 g/mol. The van der Waals surface area contributed by atoms with Gasteiger partial charge in [0.2, 0.25) is 5.91 Å². The summed E-state index contributed by atoms with van der Waals surface area (Å²) in [6, 6.07) is 10.6. The number of hydrogen-bond donors (Lipinski definition) is 1. The van der Waals surface area contributed by atoms with Crippen molar-refractivity contribution in [2.24, 2.45) is 5.73 Å². The monoisotopic (exact) mass is 330 g/mol. The number of carbonyl (C=O) groups is 1. The molecule has 0 bridgehead atoms. The van der Waals surface area contributed by atoms with Gasteiger partial charge in [-0.1, -0.05) is 31.0 Å². The lowest BCUT2D eigenvalue weighted by Gasteiger charge is -2.37. The number of para-hydroxylation sites is 1. The fourth-order valence-corrected chi connectivity index (χ4v) is 3.86. The third kappa shape index (κ3) is 3.90. The van der Waals surface area contributed by atoms with Crippen LogP contribution in [0.2, 0.25) is 0 Å². The SMILES string of the molecule is CN(CCN1CCN(c2ccccc2)CC1)C(=O)C1(N)CCCC1. The molecule has 1 aliphatic carbocycles. The number of piperazine rings is 1. The van der Waals surface area contributed by atoms with Crippen molar-refractivity contribution in [1.82, 2.24) is 9.80 Å². The van der Waals surface area contributed by atoms with Crippen LogP contribution in [-0.2, 0) is 4.79 Å². The molecule has 24 heavy (non-hydrogen) atoms. The summed E-state index contributed by atoms with van der Waals surface area (Å²) in [5.74, 6) is 0.128. The lowest BCUT2D eigenvalue weighted by molar-refractivity contribution is -0.135. The third-order valence-electron chi connectivity index (χ3n) is 5.51. The molecule has 0 unspecified atom stereocenters. The summed E-state index contributed by atoms with van der Waals surface area (Å²) in [4.78, 5) is 19.3. The first-order chi connectivity index (χ1) is 11.6. The molecule has 1 saturated carbocycles. The largest absolute Gasteiger partial charge is 0.369 e. The van der Waals surface area contributed by atoms with Gasteiger partial charge in [-0.05, 0) is 25.0 Å². The standard InChI is InChI=1S/C19H30N4O/c1-21(18(24)19(20)9-5-6-10-19)11-12-22-13-15-23(16-14-22)17-7-3-2-4-8-17/h2-4,7-8H,5-6,9-16,20H2,1H3. The van der Waals surface area contributed by atoms with E-state index in [0.717, 1.165) is 65.0 Å². The number of benzene rings is 1. The third-order valence-corrected chi connectivity index (χ3v) is 5.51. The van der Waals surface area contributed by atoms with Crippen LogP contribution in [0, 0.1) is 0 Å². The van der Waals surface area contributed by atoms with E-state index in [1.54, 1.807) is 0 Å². The van der Waals surface area contributed by atoms with Crippen molar-refractivity contribution in [3.8, 4) is 0 Å². The lowest BCUT2D eigenvalue weighted by Crippen LogP contribution is -2.54. The molecule has 0 aromatic heterocycles. The Morgan fingerprint density at radius 2 is 1.75 bits per heavy atom. The maximum atomic E-state index is 12.6. The summed E-state index contributed by atoms with van der Waals surface area (Å²) in [6.07, 6.45) is 3.84. The Bertz CT molecular complexity index is 534. The van der Waals surface area contributed by atoms with Crippen LogP contribution in [-0.4, -0.2) is 67.6 Å². The summed E-state index contributed by atoms with van der Waals surface area (Å²) in [5, 5.41) is 0. The van der Waals surface area contributed by atoms with E-state index < -0.39 is 5.54 Å². The van der Waals surface area contributed by atoms with Gasteiger partial charge in [-0.3, -0.25) is 9.69 Å². The molecule has 2 N–H and O–H groups in total. The molecule has 2 aliphatic rings. The van der Waals surface area contributed by atoms with E-state index in [0.29, 0.717) is 0 Å². The second-order valence-electron chi connectivity index (χ2n) is 7.25. The number of amides is 1. The Morgan fingerprint density at radius 1 is 1.12 bits per heavy atom. The van der Waals surface area contributed by atoms with Gasteiger partial charge in [0.1, 0.15) is 0 Å². The highest BCUT2D eigenvalue weighted by Gasteiger charge is 2.38. The summed E-state index contributed by atoms with van der Waals surface area (Å²) < 4.78 is 0. The number of nitrogens with zero attached hydrogens (tertiary/aromatic N) is 3. The molecular weight excluding hydrogens is 300 g/mol. The normalized spacial score (nSPS) is 21.0. The number of hydrogen-bond acceptors (Lipinski definition) is 4. The highest BCUT2D eigenvalue weighted by atomic mass is 16.2. The minimum absolute atomic E-state index is 0.128. The second kappa shape index (κ2) is 7.53. The van der Waals surface area contributed by atoms with Gasteiger partial charge in [0.15, 0.2) is 0 Å². The molecule has 5 heteroatoms. The van der Waals surface area contributed by atoms with E-state index in [2.05, 4.69) is 40.1 Å². The minimum Gasteiger partial charge on any atom is -0.369 e. The van der Waals surface area contributed by atoms with Crippen molar-refractivity contribution in [3.63, 3.8) is 0 Å². The molecule has 5 nitrogen and oxygen atoms in total. The first kappa shape index (κ1) is 17.2. The maximum absolute atomic E-state index is 12.6. The van der Waals surface area contributed by atoms with Crippen LogP contribution in [0.15, 0.2) is 30.3 Å². The van der Waals surface area contributed by atoms with Gasteiger partial charge in [0, 0.05) is 52.0 Å². The van der Waals surface area contributed by atoms with Crippen LogP contribution in [0.1, 0.15) is 25.7 Å². The summed E-state index contributed by atoms with van der Waals surface area (Å²) in [6.45, 7) is 5.88. The number of nitrogens with two attached hydrogens (primary N) is 1. The molecule has 1 aromatic carbocycles. The van der Waals surface area contributed by atoms with Crippen molar-refractivity contribution >= 4 is 11.6 Å². The van der Waals surface area contributed by atoms with Gasteiger partial charge in [-0.15, -0.1) is 0 Å². The molecule has 1 aromatic rings. The zero-order valence-electron chi connectivity index (χ0n) is 14.8. The first-order valence-electron chi connectivity index (χ1n) is 9.15. The number of rotatable bonds is 5. The van der Waals surface area contributed by atoms with Gasteiger partial charge >= 0.3 is 0 Å². The van der Waals surface area contributed by atoms with E-state index >= 15 is 0 Å². The molecule has 0 radical (unpaired) electrons. The smallest absolute Gasteiger partial charge is 0.242 e. The predicted octanol–water partition coefficient (Wildman–Crippen LogP) is 1.54. The Labute approximate surface area is 145 Å². The van der Waals surface area contributed by atoms with Crippen molar-refractivity contribution in [1.29, 1.82) is 0 Å². The zero-order chi connectivity index (χ0) is 17.0. The molecule has 2 fully saturated rings.